The molecule has 1 aliphatic rings. The number of thiol groups is 1. The van der Waals surface area contributed by atoms with Crippen LogP contribution in [0.5, 0.6) is 0 Å². The topological polar surface area (TPSA) is 28.0 Å². The minimum atomic E-state index is 0.0503. The van der Waals surface area contributed by atoms with E-state index < -0.39 is 0 Å². The molecule has 1 aliphatic heterocycles. The fourth-order valence-corrected chi connectivity index (χ4v) is 2.54. The molecular formula is C5H9N3S3. The zero-order valence-electron chi connectivity index (χ0n) is 6.26. The number of nitrogens with zero attached hydrogens (tertiary/aromatic N) is 3. The molecule has 0 aliphatic carbocycles. The van der Waals surface area contributed by atoms with Crippen molar-refractivity contribution in [2.45, 2.75) is 4.71 Å². The minimum Gasteiger partial charge on any atom is -0.369 e. The third-order valence-corrected chi connectivity index (χ3v) is 3.70. The van der Waals surface area contributed by atoms with Gasteiger partial charge in [0.25, 0.3) is 0 Å². The Bertz CT molecular complexity index is 189. The number of amidine groups is 1. The predicted molar refractivity (Wildman–Crippen MR) is 57.6 cm³/mol. The zero-order valence-corrected chi connectivity index (χ0v) is 8.79. The molecule has 0 aromatic heterocycles. The lowest BCUT2D eigenvalue weighted by molar-refractivity contribution is 0.644. The highest BCUT2D eigenvalue weighted by Gasteiger charge is 2.13. The van der Waals surface area contributed by atoms with Crippen LogP contribution in [0.25, 0.3) is 0 Å². The minimum absolute atomic E-state index is 0.0503. The van der Waals surface area contributed by atoms with Gasteiger partial charge < -0.3 is 4.90 Å². The zero-order chi connectivity index (χ0) is 8.27. The average molecular weight is 207 g/mol. The largest absolute Gasteiger partial charge is 0.369 e. The predicted octanol–water partition coefficient (Wildman–Crippen LogP) is 1.54. The van der Waals surface area contributed by atoms with Crippen molar-refractivity contribution in [3.63, 3.8) is 0 Å². The quantitative estimate of drug-likeness (QED) is 0.306. The molecule has 1 atom stereocenters. The maximum Gasteiger partial charge on any atom is 0.197 e. The molecule has 1 rings (SSSR count). The van der Waals surface area contributed by atoms with Crippen LogP contribution in [0.1, 0.15) is 0 Å². The summed E-state index contributed by atoms with van der Waals surface area (Å²) in [5.41, 5.74) is 0. The molecule has 1 heterocycles. The van der Waals surface area contributed by atoms with Gasteiger partial charge in [-0.2, -0.15) is 0 Å². The van der Waals surface area contributed by atoms with E-state index >= 15 is 0 Å². The van der Waals surface area contributed by atoms with Crippen molar-refractivity contribution in [1.82, 2.24) is 4.90 Å². The molecule has 62 valence electrons. The van der Waals surface area contributed by atoms with Gasteiger partial charge in [-0.05, 0) is 21.6 Å². The second-order valence-electron chi connectivity index (χ2n) is 2.13. The van der Waals surface area contributed by atoms with Crippen LogP contribution in [0.4, 0.5) is 0 Å². The van der Waals surface area contributed by atoms with Crippen molar-refractivity contribution >= 4 is 45.7 Å². The SMILES string of the molecule is CN(C)C=NC1=NC(S)SS1. The number of aliphatic imine (C=N–C) groups is 2. The van der Waals surface area contributed by atoms with Gasteiger partial charge >= 0.3 is 0 Å². The highest BCUT2D eigenvalue weighted by atomic mass is 33.1. The van der Waals surface area contributed by atoms with Crippen LogP contribution in [0.3, 0.4) is 0 Å². The summed E-state index contributed by atoms with van der Waals surface area (Å²) in [4.78, 5) is 10.1. The Labute approximate surface area is 79.5 Å². The molecule has 0 spiro atoms. The Balaban J connectivity index is 2.44. The fourth-order valence-electron chi connectivity index (χ4n) is 0.443. The van der Waals surface area contributed by atoms with E-state index in [1.54, 1.807) is 27.9 Å². The lowest BCUT2D eigenvalue weighted by atomic mass is 10.9. The van der Waals surface area contributed by atoms with Gasteiger partial charge in [-0.15, -0.1) is 12.6 Å². The monoisotopic (exact) mass is 207 g/mol. The van der Waals surface area contributed by atoms with Gasteiger partial charge in [0, 0.05) is 14.1 Å². The van der Waals surface area contributed by atoms with Crippen molar-refractivity contribution in [3.05, 3.63) is 0 Å². The summed E-state index contributed by atoms with van der Waals surface area (Å²) in [5.74, 6) is 0. The number of hydrogen-bond donors (Lipinski definition) is 1. The summed E-state index contributed by atoms with van der Waals surface area (Å²) in [6.07, 6.45) is 1.73. The van der Waals surface area contributed by atoms with Crippen molar-refractivity contribution in [2.24, 2.45) is 9.98 Å². The Morgan fingerprint density at radius 2 is 2.45 bits per heavy atom. The molecule has 0 saturated heterocycles. The van der Waals surface area contributed by atoms with Crippen LogP contribution < -0.4 is 0 Å². The van der Waals surface area contributed by atoms with Crippen molar-refractivity contribution in [3.8, 4) is 0 Å². The van der Waals surface area contributed by atoms with Crippen LogP contribution >= 0.6 is 34.2 Å². The fraction of sp³-hybridized carbons (Fsp3) is 0.600. The van der Waals surface area contributed by atoms with Gasteiger partial charge in [-0.25, -0.2) is 9.98 Å². The lowest BCUT2D eigenvalue weighted by Crippen LogP contribution is -2.08. The highest BCUT2D eigenvalue weighted by Crippen LogP contribution is 2.38. The van der Waals surface area contributed by atoms with E-state index in [1.807, 2.05) is 19.0 Å². The van der Waals surface area contributed by atoms with Crippen LogP contribution in [0.15, 0.2) is 9.98 Å². The van der Waals surface area contributed by atoms with Crippen LogP contribution in [0, 0.1) is 0 Å². The van der Waals surface area contributed by atoms with E-state index in [9.17, 15) is 0 Å². The van der Waals surface area contributed by atoms with Gasteiger partial charge in [0.2, 0.25) is 0 Å². The third-order valence-electron chi connectivity index (χ3n) is 0.829. The second-order valence-corrected chi connectivity index (χ2v) is 5.21. The lowest BCUT2D eigenvalue weighted by Gasteiger charge is -2.00. The molecule has 0 amide bonds. The molecule has 0 aromatic rings. The third kappa shape index (κ3) is 3.39. The van der Waals surface area contributed by atoms with E-state index in [0.717, 1.165) is 5.17 Å². The molecule has 0 fully saturated rings. The second kappa shape index (κ2) is 4.27. The summed E-state index contributed by atoms with van der Waals surface area (Å²) in [7, 11) is 7.01. The first-order chi connectivity index (χ1) is 5.18. The number of hydrogen-bond acceptors (Lipinski definition) is 5. The molecule has 3 nitrogen and oxygen atoms in total. The molecule has 1 unspecified atom stereocenters. The van der Waals surface area contributed by atoms with Crippen molar-refractivity contribution in [2.75, 3.05) is 14.1 Å². The highest BCUT2D eigenvalue weighted by molar-refractivity contribution is 8.84. The maximum atomic E-state index is 4.16. The Hall–Kier alpha value is 0.190. The molecule has 0 saturated carbocycles. The molecule has 0 aromatic carbocycles. The van der Waals surface area contributed by atoms with Crippen molar-refractivity contribution in [1.29, 1.82) is 0 Å². The van der Waals surface area contributed by atoms with Gasteiger partial charge in [-0.1, -0.05) is 0 Å². The van der Waals surface area contributed by atoms with Crippen molar-refractivity contribution < 1.29 is 0 Å². The Kier molecular flexibility index (Phi) is 3.61. The number of rotatable bonds is 1. The van der Waals surface area contributed by atoms with E-state index in [1.165, 1.54) is 0 Å². The summed E-state index contributed by atoms with van der Waals surface area (Å²) in [6, 6.07) is 0. The van der Waals surface area contributed by atoms with Gasteiger partial charge in [0.1, 0.15) is 0 Å². The summed E-state index contributed by atoms with van der Waals surface area (Å²) in [5, 5.41) is 0.795. The summed E-state index contributed by atoms with van der Waals surface area (Å²) >= 11 is 4.16. The standard InChI is InChI=1S/C5H9N3S3/c1-8(2)3-6-4-7-5(9)11-10-4/h3,5,9H,1-2H3. The molecule has 11 heavy (non-hydrogen) atoms. The van der Waals surface area contributed by atoms with E-state index in [-0.39, 0.29) is 4.71 Å². The van der Waals surface area contributed by atoms with E-state index in [0.29, 0.717) is 0 Å². The van der Waals surface area contributed by atoms with Gasteiger partial charge in [0.15, 0.2) is 9.87 Å². The van der Waals surface area contributed by atoms with E-state index in [2.05, 4.69) is 22.6 Å². The average Bonchev–Trinajstić information content (AvgIpc) is 2.31. The maximum absolute atomic E-state index is 4.16. The molecule has 0 bridgehead atoms. The smallest absolute Gasteiger partial charge is 0.197 e. The van der Waals surface area contributed by atoms with Crippen LogP contribution in [-0.2, 0) is 0 Å². The summed E-state index contributed by atoms with van der Waals surface area (Å²) < 4.78 is 0.0503. The van der Waals surface area contributed by atoms with E-state index in [4.69, 9.17) is 0 Å². The molecule has 0 radical (unpaired) electrons. The first-order valence-corrected chi connectivity index (χ1v) is 5.71. The van der Waals surface area contributed by atoms with Gasteiger partial charge in [-0.3, -0.25) is 0 Å². The van der Waals surface area contributed by atoms with Gasteiger partial charge in [0.05, 0.1) is 6.34 Å². The molecular weight excluding hydrogens is 198 g/mol. The first-order valence-electron chi connectivity index (χ1n) is 2.98. The molecule has 6 heteroatoms. The summed E-state index contributed by atoms with van der Waals surface area (Å²) in [6.45, 7) is 0. The first kappa shape index (κ1) is 9.28. The Morgan fingerprint density at radius 3 is 2.91 bits per heavy atom. The Morgan fingerprint density at radius 1 is 1.73 bits per heavy atom. The normalized spacial score (nSPS) is 24.3. The van der Waals surface area contributed by atoms with Crippen LogP contribution in [0.2, 0.25) is 0 Å². The molecule has 0 N–H and O–H groups in total. The van der Waals surface area contributed by atoms with Crippen LogP contribution in [-0.4, -0.2) is 35.2 Å².